The van der Waals surface area contributed by atoms with Crippen molar-refractivity contribution in [1.29, 1.82) is 0 Å². The first kappa shape index (κ1) is 18.4. The molecule has 0 saturated carbocycles. The summed E-state index contributed by atoms with van der Waals surface area (Å²) in [4.78, 5) is 15.8. The molecule has 0 amide bonds. The van der Waals surface area contributed by atoms with Gasteiger partial charge in [0.05, 0.1) is 12.8 Å². The van der Waals surface area contributed by atoms with Crippen LogP contribution in [0.4, 0.5) is 10.1 Å². The van der Waals surface area contributed by atoms with Crippen molar-refractivity contribution in [2.24, 2.45) is 0 Å². The monoisotopic (exact) mass is 356 g/mol. The van der Waals surface area contributed by atoms with Crippen molar-refractivity contribution < 1.29 is 13.9 Å². The lowest BCUT2D eigenvalue weighted by atomic mass is 10.1. The van der Waals surface area contributed by atoms with Crippen LogP contribution in [0.5, 0.6) is 5.75 Å². The summed E-state index contributed by atoms with van der Waals surface area (Å²) < 4.78 is 19.7. The van der Waals surface area contributed by atoms with E-state index >= 15 is 0 Å². The highest BCUT2D eigenvalue weighted by Gasteiger charge is 2.24. The van der Waals surface area contributed by atoms with Gasteiger partial charge >= 0.3 is 0 Å². The van der Waals surface area contributed by atoms with Gasteiger partial charge in [-0.15, -0.1) is 0 Å². The van der Waals surface area contributed by atoms with Crippen LogP contribution in [0.15, 0.2) is 42.5 Å². The van der Waals surface area contributed by atoms with Crippen LogP contribution in [0.1, 0.15) is 35.8 Å². The van der Waals surface area contributed by atoms with Gasteiger partial charge in [0, 0.05) is 37.8 Å². The number of nitrogens with zero attached hydrogens (tertiary/aromatic N) is 2. The summed E-state index contributed by atoms with van der Waals surface area (Å²) in [5.74, 6) is 0.417. The Morgan fingerprint density at radius 3 is 2.46 bits per heavy atom. The molecule has 5 heteroatoms. The zero-order chi connectivity index (χ0) is 18.7. The van der Waals surface area contributed by atoms with Gasteiger partial charge in [-0.3, -0.25) is 9.69 Å². The molecule has 0 bridgehead atoms. The molecule has 1 aliphatic heterocycles. The first-order valence-corrected chi connectivity index (χ1v) is 8.93. The van der Waals surface area contributed by atoms with Crippen LogP contribution in [0.2, 0.25) is 0 Å². The molecule has 1 atom stereocenters. The van der Waals surface area contributed by atoms with Gasteiger partial charge in [0.15, 0.2) is 5.78 Å². The Balaban J connectivity index is 1.66. The topological polar surface area (TPSA) is 32.8 Å². The van der Waals surface area contributed by atoms with Crippen molar-refractivity contribution >= 4 is 11.5 Å². The zero-order valence-corrected chi connectivity index (χ0v) is 15.5. The predicted molar refractivity (Wildman–Crippen MR) is 102 cm³/mol. The van der Waals surface area contributed by atoms with Crippen molar-refractivity contribution in [3.05, 3.63) is 59.4 Å². The Bertz CT molecular complexity index is 785. The molecule has 26 heavy (non-hydrogen) atoms. The number of rotatable bonds is 5. The number of hydrogen-bond acceptors (Lipinski definition) is 4. The molecular weight excluding hydrogens is 331 g/mol. The van der Waals surface area contributed by atoms with E-state index in [4.69, 9.17) is 4.74 Å². The predicted octanol–water partition coefficient (Wildman–Crippen LogP) is 3.92. The van der Waals surface area contributed by atoms with Crippen molar-refractivity contribution in [2.45, 2.75) is 19.9 Å². The van der Waals surface area contributed by atoms with Crippen LogP contribution in [-0.2, 0) is 0 Å². The molecule has 0 spiro atoms. The second-order valence-electron chi connectivity index (χ2n) is 6.70. The van der Waals surface area contributed by atoms with Gasteiger partial charge in [-0.05, 0) is 49.7 Å². The van der Waals surface area contributed by atoms with Crippen LogP contribution >= 0.6 is 0 Å². The maximum atomic E-state index is 14.4. The Labute approximate surface area is 154 Å². The molecule has 2 aromatic rings. The lowest BCUT2D eigenvalue weighted by Gasteiger charge is -2.39. The number of carbonyl (C=O) groups excluding carboxylic acids is 1. The van der Waals surface area contributed by atoms with Crippen LogP contribution in [0, 0.1) is 5.82 Å². The molecule has 4 nitrogen and oxygen atoms in total. The van der Waals surface area contributed by atoms with E-state index in [1.165, 1.54) is 18.6 Å². The van der Waals surface area contributed by atoms with Gasteiger partial charge in [-0.25, -0.2) is 4.39 Å². The van der Waals surface area contributed by atoms with E-state index in [9.17, 15) is 9.18 Å². The van der Waals surface area contributed by atoms with E-state index in [1.54, 1.807) is 19.2 Å². The SMILES string of the molecule is COc1cccc([C@@H](C)N2CCN(c3ccc(C(C)=O)cc3F)CC2)c1. The summed E-state index contributed by atoms with van der Waals surface area (Å²) in [6.07, 6.45) is 0. The van der Waals surface area contributed by atoms with Crippen molar-refractivity contribution in [1.82, 2.24) is 4.90 Å². The number of ether oxygens (including phenoxy) is 1. The van der Waals surface area contributed by atoms with E-state index < -0.39 is 0 Å². The zero-order valence-electron chi connectivity index (χ0n) is 15.5. The summed E-state index contributed by atoms with van der Waals surface area (Å²) in [6.45, 7) is 6.85. The van der Waals surface area contributed by atoms with Crippen LogP contribution in [-0.4, -0.2) is 44.0 Å². The van der Waals surface area contributed by atoms with Gasteiger partial charge in [-0.1, -0.05) is 12.1 Å². The third kappa shape index (κ3) is 3.88. The Hall–Kier alpha value is -2.40. The maximum Gasteiger partial charge on any atom is 0.159 e. The standard InChI is InChI=1S/C21H25FN2O2/c1-15(17-5-4-6-19(13-17)26-3)23-9-11-24(12-10-23)21-8-7-18(16(2)25)14-20(21)22/h4-8,13-15H,9-12H2,1-3H3/t15-/m1/s1. The fourth-order valence-corrected chi connectivity index (χ4v) is 3.44. The number of piperazine rings is 1. The highest BCUT2D eigenvalue weighted by molar-refractivity contribution is 5.94. The van der Waals surface area contributed by atoms with Crippen molar-refractivity contribution in [2.75, 3.05) is 38.2 Å². The largest absolute Gasteiger partial charge is 0.497 e. The van der Waals surface area contributed by atoms with Gasteiger partial charge in [0.25, 0.3) is 0 Å². The Morgan fingerprint density at radius 1 is 1.12 bits per heavy atom. The number of anilines is 1. The highest BCUT2D eigenvalue weighted by atomic mass is 19.1. The number of ketones is 1. The minimum absolute atomic E-state index is 0.118. The van der Waals surface area contributed by atoms with Gasteiger partial charge < -0.3 is 9.64 Å². The first-order valence-electron chi connectivity index (χ1n) is 8.93. The second-order valence-corrected chi connectivity index (χ2v) is 6.70. The van der Waals surface area contributed by atoms with Gasteiger partial charge in [0.1, 0.15) is 11.6 Å². The van der Waals surface area contributed by atoms with Crippen LogP contribution in [0.25, 0.3) is 0 Å². The molecule has 0 unspecified atom stereocenters. The lowest BCUT2D eigenvalue weighted by molar-refractivity contribution is 0.101. The molecule has 1 aliphatic rings. The molecule has 2 aromatic carbocycles. The molecule has 0 aliphatic carbocycles. The minimum atomic E-state index is -0.327. The Morgan fingerprint density at radius 2 is 1.85 bits per heavy atom. The molecule has 138 valence electrons. The van der Waals surface area contributed by atoms with E-state index in [-0.39, 0.29) is 17.6 Å². The van der Waals surface area contributed by atoms with Crippen molar-refractivity contribution in [3.63, 3.8) is 0 Å². The summed E-state index contributed by atoms with van der Waals surface area (Å²) in [7, 11) is 1.68. The summed E-state index contributed by atoms with van der Waals surface area (Å²) in [6, 6.07) is 13.2. The molecule has 1 fully saturated rings. The third-order valence-corrected chi connectivity index (χ3v) is 5.13. The molecular formula is C21H25FN2O2. The molecule has 0 N–H and O–H groups in total. The summed E-state index contributed by atoms with van der Waals surface area (Å²) in [5, 5.41) is 0. The molecule has 3 rings (SSSR count). The van der Waals surface area contributed by atoms with Crippen molar-refractivity contribution in [3.8, 4) is 5.75 Å². The van der Waals surface area contributed by atoms with E-state index in [0.717, 1.165) is 31.9 Å². The number of methoxy groups -OCH3 is 1. The van der Waals surface area contributed by atoms with Crippen LogP contribution in [0.3, 0.4) is 0 Å². The smallest absolute Gasteiger partial charge is 0.159 e. The Kier molecular flexibility index (Phi) is 5.57. The molecule has 1 heterocycles. The van der Waals surface area contributed by atoms with E-state index in [1.807, 2.05) is 17.0 Å². The lowest BCUT2D eigenvalue weighted by Crippen LogP contribution is -2.47. The van der Waals surface area contributed by atoms with Crippen LogP contribution < -0.4 is 9.64 Å². The summed E-state index contributed by atoms with van der Waals surface area (Å²) in [5.41, 5.74) is 2.20. The molecule has 1 saturated heterocycles. The van der Waals surface area contributed by atoms with E-state index in [0.29, 0.717) is 11.3 Å². The maximum absolute atomic E-state index is 14.4. The number of carbonyl (C=O) groups is 1. The van der Waals surface area contributed by atoms with E-state index in [2.05, 4.69) is 24.0 Å². The fourth-order valence-electron chi connectivity index (χ4n) is 3.44. The van der Waals surface area contributed by atoms with Gasteiger partial charge in [-0.2, -0.15) is 0 Å². The number of Topliss-reactive ketones (excluding diaryl/α,β-unsaturated/α-hetero) is 1. The minimum Gasteiger partial charge on any atom is -0.497 e. The number of benzene rings is 2. The third-order valence-electron chi connectivity index (χ3n) is 5.13. The molecule has 0 aromatic heterocycles. The highest BCUT2D eigenvalue weighted by Crippen LogP contribution is 2.27. The normalized spacial score (nSPS) is 16.4. The molecule has 0 radical (unpaired) electrons. The average Bonchev–Trinajstić information content (AvgIpc) is 2.67. The first-order chi connectivity index (χ1) is 12.5. The quantitative estimate of drug-likeness (QED) is 0.760. The second kappa shape index (κ2) is 7.87. The average molecular weight is 356 g/mol. The summed E-state index contributed by atoms with van der Waals surface area (Å²) >= 11 is 0. The van der Waals surface area contributed by atoms with Gasteiger partial charge in [0.2, 0.25) is 0 Å². The number of hydrogen-bond donors (Lipinski definition) is 0. The fraction of sp³-hybridized carbons (Fsp3) is 0.381. The number of halogens is 1.